The zero-order valence-electron chi connectivity index (χ0n) is 14.8. The Balaban J connectivity index is 1.83. The highest BCUT2D eigenvalue weighted by Gasteiger charge is 2.44. The lowest BCUT2D eigenvalue weighted by molar-refractivity contribution is -0.128. The maximum absolute atomic E-state index is 13.4. The van der Waals surface area contributed by atoms with Crippen molar-refractivity contribution in [3.63, 3.8) is 0 Å². The van der Waals surface area contributed by atoms with Crippen molar-refractivity contribution in [2.24, 2.45) is 0 Å². The maximum atomic E-state index is 13.4. The van der Waals surface area contributed by atoms with Gasteiger partial charge in [0.2, 0.25) is 15.9 Å². The number of carbonyl (C=O) groups is 1. The first kappa shape index (κ1) is 20.2. The SMILES string of the molecule is O=C(NC1CCS(=O)(=O)C1)C1(NS(=O)(=O)c2cccc(F)c2)CCCCC1. The maximum Gasteiger partial charge on any atom is 0.241 e. The predicted octanol–water partition coefficient (Wildman–Crippen LogP) is 1.11. The van der Waals surface area contributed by atoms with Gasteiger partial charge in [0, 0.05) is 6.04 Å². The number of sulfonamides is 1. The number of rotatable bonds is 5. The summed E-state index contributed by atoms with van der Waals surface area (Å²) in [6.45, 7) is 0. The minimum absolute atomic E-state index is 0.0139. The Labute approximate surface area is 158 Å². The van der Waals surface area contributed by atoms with Gasteiger partial charge in [-0.15, -0.1) is 0 Å². The van der Waals surface area contributed by atoms with Crippen molar-refractivity contribution in [3.8, 4) is 0 Å². The lowest BCUT2D eigenvalue weighted by Crippen LogP contribution is -2.61. The summed E-state index contributed by atoms with van der Waals surface area (Å²) < 4.78 is 64.7. The van der Waals surface area contributed by atoms with Gasteiger partial charge >= 0.3 is 0 Å². The summed E-state index contributed by atoms with van der Waals surface area (Å²) in [5.41, 5.74) is -1.35. The highest BCUT2D eigenvalue weighted by molar-refractivity contribution is 7.91. The highest BCUT2D eigenvalue weighted by atomic mass is 32.2. The third-order valence-corrected chi connectivity index (χ3v) is 8.45. The normalized spacial score (nSPS) is 24.4. The van der Waals surface area contributed by atoms with Crippen molar-refractivity contribution < 1.29 is 26.0 Å². The summed E-state index contributed by atoms with van der Waals surface area (Å²) in [6.07, 6.45) is 3.17. The summed E-state index contributed by atoms with van der Waals surface area (Å²) in [4.78, 5) is 12.7. The van der Waals surface area contributed by atoms with Crippen molar-refractivity contribution in [2.45, 2.75) is 55.0 Å². The molecule has 1 heterocycles. The largest absolute Gasteiger partial charge is 0.351 e. The molecule has 10 heteroatoms. The van der Waals surface area contributed by atoms with Crippen molar-refractivity contribution in [1.29, 1.82) is 0 Å². The molecule has 1 aromatic rings. The molecule has 1 aliphatic heterocycles. The molecule has 1 aliphatic carbocycles. The molecule has 0 bridgehead atoms. The van der Waals surface area contributed by atoms with Gasteiger partial charge in [0.25, 0.3) is 0 Å². The summed E-state index contributed by atoms with van der Waals surface area (Å²) in [6, 6.07) is 4.09. The average molecular weight is 419 g/mol. The second-order valence-corrected chi connectivity index (χ2v) is 11.2. The Bertz CT molecular complexity index is 924. The fourth-order valence-electron chi connectivity index (χ4n) is 3.71. The van der Waals surface area contributed by atoms with Gasteiger partial charge in [0.15, 0.2) is 9.84 Å². The monoisotopic (exact) mass is 418 g/mol. The van der Waals surface area contributed by atoms with Gasteiger partial charge in [0.1, 0.15) is 11.4 Å². The van der Waals surface area contributed by atoms with Gasteiger partial charge in [-0.3, -0.25) is 4.79 Å². The fraction of sp³-hybridized carbons (Fsp3) is 0.588. The molecule has 1 saturated heterocycles. The third kappa shape index (κ3) is 4.67. The Morgan fingerprint density at radius 1 is 1.19 bits per heavy atom. The molecule has 1 amide bonds. The lowest BCUT2D eigenvalue weighted by atomic mass is 9.81. The van der Waals surface area contributed by atoms with Gasteiger partial charge in [0.05, 0.1) is 16.4 Å². The van der Waals surface area contributed by atoms with Crippen LogP contribution in [-0.2, 0) is 24.7 Å². The van der Waals surface area contributed by atoms with Crippen LogP contribution in [0, 0.1) is 5.82 Å². The van der Waals surface area contributed by atoms with Crippen LogP contribution in [0.15, 0.2) is 29.2 Å². The van der Waals surface area contributed by atoms with E-state index in [1.165, 1.54) is 12.1 Å². The molecule has 27 heavy (non-hydrogen) atoms. The third-order valence-electron chi connectivity index (χ3n) is 5.15. The fourth-order valence-corrected chi connectivity index (χ4v) is 6.84. The smallest absolute Gasteiger partial charge is 0.241 e. The van der Waals surface area contributed by atoms with Crippen LogP contribution in [-0.4, -0.2) is 45.8 Å². The van der Waals surface area contributed by atoms with Crippen LogP contribution in [0.4, 0.5) is 4.39 Å². The number of benzene rings is 1. The van der Waals surface area contributed by atoms with E-state index < -0.39 is 43.2 Å². The van der Waals surface area contributed by atoms with E-state index in [1.54, 1.807) is 0 Å². The number of sulfone groups is 1. The first-order valence-electron chi connectivity index (χ1n) is 8.93. The molecule has 150 valence electrons. The second-order valence-electron chi connectivity index (χ2n) is 7.28. The van der Waals surface area contributed by atoms with E-state index in [2.05, 4.69) is 10.0 Å². The Morgan fingerprint density at radius 2 is 1.89 bits per heavy atom. The van der Waals surface area contributed by atoms with E-state index in [0.717, 1.165) is 18.6 Å². The summed E-state index contributed by atoms with van der Waals surface area (Å²) in [7, 11) is -7.28. The molecule has 0 radical (unpaired) electrons. The van der Waals surface area contributed by atoms with E-state index >= 15 is 0 Å². The zero-order valence-corrected chi connectivity index (χ0v) is 16.4. The molecule has 2 fully saturated rings. The lowest BCUT2D eigenvalue weighted by Gasteiger charge is -2.37. The molecule has 3 rings (SSSR count). The molecular formula is C17H23FN2O5S2. The Kier molecular flexibility index (Phi) is 5.60. The number of amides is 1. The number of hydrogen-bond donors (Lipinski definition) is 2. The van der Waals surface area contributed by atoms with Crippen LogP contribution in [0.1, 0.15) is 38.5 Å². The van der Waals surface area contributed by atoms with E-state index in [9.17, 15) is 26.0 Å². The second kappa shape index (κ2) is 7.48. The van der Waals surface area contributed by atoms with Crippen LogP contribution in [0.2, 0.25) is 0 Å². The molecule has 1 atom stereocenters. The van der Waals surface area contributed by atoms with Crippen molar-refractivity contribution >= 4 is 25.8 Å². The summed E-state index contributed by atoms with van der Waals surface area (Å²) in [5.74, 6) is -1.31. The minimum atomic E-state index is -4.11. The summed E-state index contributed by atoms with van der Waals surface area (Å²) >= 11 is 0. The van der Waals surface area contributed by atoms with Gasteiger partial charge in [-0.2, -0.15) is 4.72 Å². The molecule has 2 N–H and O–H groups in total. The van der Waals surface area contributed by atoms with E-state index in [4.69, 9.17) is 0 Å². The van der Waals surface area contributed by atoms with Gasteiger partial charge < -0.3 is 5.32 Å². The molecule has 2 aliphatic rings. The number of carbonyl (C=O) groups excluding carboxylic acids is 1. The number of nitrogens with one attached hydrogen (secondary N) is 2. The van der Waals surface area contributed by atoms with Gasteiger partial charge in [-0.25, -0.2) is 21.2 Å². The van der Waals surface area contributed by atoms with Gasteiger partial charge in [-0.05, 0) is 37.5 Å². The molecule has 1 saturated carbocycles. The average Bonchev–Trinajstić information content (AvgIpc) is 2.94. The molecule has 0 aromatic heterocycles. The van der Waals surface area contributed by atoms with Crippen LogP contribution in [0.25, 0.3) is 0 Å². The van der Waals surface area contributed by atoms with Crippen molar-refractivity contribution in [3.05, 3.63) is 30.1 Å². The van der Waals surface area contributed by atoms with Gasteiger partial charge in [-0.1, -0.05) is 25.3 Å². The Morgan fingerprint density at radius 3 is 2.48 bits per heavy atom. The first-order valence-corrected chi connectivity index (χ1v) is 12.2. The predicted molar refractivity (Wildman–Crippen MR) is 97.7 cm³/mol. The first-order chi connectivity index (χ1) is 12.6. The van der Waals surface area contributed by atoms with Crippen molar-refractivity contribution in [2.75, 3.05) is 11.5 Å². The highest BCUT2D eigenvalue weighted by Crippen LogP contribution is 2.31. The minimum Gasteiger partial charge on any atom is -0.351 e. The summed E-state index contributed by atoms with van der Waals surface area (Å²) in [5, 5.41) is 2.71. The quantitative estimate of drug-likeness (QED) is 0.745. The standard InChI is InChI=1S/C17H23FN2O5S2/c18-13-5-4-6-15(11-13)27(24,25)20-17(8-2-1-3-9-17)16(21)19-14-7-10-26(22,23)12-14/h4-6,11,14,20H,1-3,7-10,12H2,(H,19,21). The molecular weight excluding hydrogens is 395 g/mol. The van der Waals surface area contributed by atoms with Crippen LogP contribution in [0.5, 0.6) is 0 Å². The van der Waals surface area contributed by atoms with Crippen LogP contribution >= 0.6 is 0 Å². The van der Waals surface area contributed by atoms with E-state index in [0.29, 0.717) is 32.1 Å². The molecule has 1 unspecified atom stereocenters. The van der Waals surface area contributed by atoms with Crippen LogP contribution in [0.3, 0.4) is 0 Å². The van der Waals surface area contributed by atoms with Crippen LogP contribution < -0.4 is 10.0 Å². The van der Waals surface area contributed by atoms with E-state index in [1.807, 2.05) is 0 Å². The zero-order chi connectivity index (χ0) is 19.7. The Hall–Kier alpha value is -1.52. The number of halogens is 1. The van der Waals surface area contributed by atoms with E-state index in [-0.39, 0.29) is 16.4 Å². The number of hydrogen-bond acceptors (Lipinski definition) is 5. The molecule has 0 spiro atoms. The molecule has 1 aromatic carbocycles. The molecule has 7 nitrogen and oxygen atoms in total. The topological polar surface area (TPSA) is 109 Å². The van der Waals surface area contributed by atoms with Crippen molar-refractivity contribution in [1.82, 2.24) is 10.0 Å².